The first kappa shape index (κ1) is 38.6. The molecule has 2 heterocycles. The van der Waals surface area contributed by atoms with Gasteiger partial charge in [0.25, 0.3) is 0 Å². The van der Waals surface area contributed by atoms with Crippen molar-refractivity contribution < 1.29 is 30.3 Å². The Balaban J connectivity index is 0.00000576. The molecule has 0 aliphatic heterocycles. The van der Waals surface area contributed by atoms with Gasteiger partial charge in [0.15, 0.2) is 0 Å². The number of aromatic hydroxyl groups is 1. The van der Waals surface area contributed by atoms with E-state index in [0.29, 0.717) is 17.0 Å². The summed E-state index contributed by atoms with van der Waals surface area (Å²) in [4.78, 5) is 10.3. The number of phenols is 1. The molecule has 0 atom stereocenters. The molecule has 1 N–H and O–H groups in total. The minimum atomic E-state index is -2.18. The smallest absolute Gasteiger partial charge is 0.148 e. The molecule has 0 fully saturated rings. The molecular formula is C57H50N3OPt-. The summed E-state index contributed by atoms with van der Waals surface area (Å²) >= 11 is 0. The molecule has 0 radical (unpaired) electrons. The third kappa shape index (κ3) is 8.33. The van der Waals surface area contributed by atoms with Gasteiger partial charge in [-0.2, -0.15) is 0 Å². The maximum absolute atomic E-state index is 11.5. The fourth-order valence-electron chi connectivity index (χ4n) is 8.05. The van der Waals surface area contributed by atoms with Crippen LogP contribution in [-0.2, 0) is 31.9 Å². The molecule has 7 aromatic carbocycles. The predicted molar refractivity (Wildman–Crippen MR) is 254 cm³/mol. The van der Waals surface area contributed by atoms with Crippen LogP contribution in [0.3, 0.4) is 0 Å². The van der Waals surface area contributed by atoms with Crippen molar-refractivity contribution in [1.29, 1.82) is 0 Å². The van der Waals surface area contributed by atoms with Crippen molar-refractivity contribution in [1.82, 2.24) is 14.5 Å². The van der Waals surface area contributed by atoms with Gasteiger partial charge in [0.05, 0.1) is 22.3 Å². The molecule has 9 aromatic rings. The second kappa shape index (κ2) is 16.8. The number of fused-ring (bicyclic) bond motifs is 1. The Labute approximate surface area is 384 Å². The number of benzene rings is 7. The third-order valence-corrected chi connectivity index (χ3v) is 11.5. The molecule has 0 amide bonds. The number of hydrogen-bond donors (Lipinski definition) is 1. The number of imidazole rings is 1. The predicted octanol–water partition coefficient (Wildman–Crippen LogP) is 14.8. The molecule has 0 saturated carbocycles. The van der Waals surface area contributed by atoms with Crippen LogP contribution in [0.2, 0.25) is 0 Å². The van der Waals surface area contributed by atoms with Crippen LogP contribution in [0, 0.1) is 12.9 Å². The maximum Gasteiger partial charge on any atom is 0.148 e. The number of hydrogen-bond acceptors (Lipinski definition) is 3. The molecule has 0 spiro atoms. The van der Waals surface area contributed by atoms with Gasteiger partial charge in [-0.3, -0.25) is 9.55 Å². The monoisotopic (exact) mass is 990 g/mol. The van der Waals surface area contributed by atoms with Crippen molar-refractivity contribution in [3.63, 3.8) is 0 Å². The Bertz CT molecular complexity index is 3160. The van der Waals surface area contributed by atoms with Gasteiger partial charge < -0.3 is 5.11 Å². The molecule has 2 aromatic heterocycles. The van der Waals surface area contributed by atoms with E-state index in [1.165, 1.54) is 11.1 Å². The quantitative estimate of drug-likeness (QED) is 0.162. The van der Waals surface area contributed by atoms with Crippen LogP contribution in [0.4, 0.5) is 0 Å². The second-order valence-electron chi connectivity index (χ2n) is 17.8. The summed E-state index contributed by atoms with van der Waals surface area (Å²) < 4.78 is 25.7. The Hall–Kier alpha value is -6.35. The van der Waals surface area contributed by atoms with Gasteiger partial charge in [-0.25, -0.2) is 4.98 Å². The van der Waals surface area contributed by atoms with Gasteiger partial charge in [-0.05, 0) is 81.4 Å². The molecule has 5 heteroatoms. The summed E-state index contributed by atoms with van der Waals surface area (Å²) in [5, 5.41) is 11.5. The Morgan fingerprint density at radius 1 is 0.548 bits per heavy atom. The topological polar surface area (TPSA) is 50.9 Å². The third-order valence-electron chi connectivity index (χ3n) is 11.5. The normalized spacial score (nSPS) is 12.6. The van der Waals surface area contributed by atoms with E-state index in [1.807, 2.05) is 60.7 Å². The van der Waals surface area contributed by atoms with Gasteiger partial charge in [0, 0.05) is 42.6 Å². The molecule has 9 rings (SSSR count). The van der Waals surface area contributed by atoms with Crippen LogP contribution < -0.4 is 0 Å². The number of nitrogens with zero attached hydrogens (tertiary/aromatic N) is 3. The summed E-state index contributed by atoms with van der Waals surface area (Å²) in [6.45, 7) is 11.2. The summed E-state index contributed by atoms with van der Waals surface area (Å²) in [5.74, 6) is 0.764. The summed E-state index contributed by atoms with van der Waals surface area (Å²) in [5.41, 5.74) is 15.1. The van der Waals surface area contributed by atoms with E-state index in [0.717, 1.165) is 72.5 Å². The molecule has 0 aliphatic carbocycles. The van der Waals surface area contributed by atoms with Crippen LogP contribution in [0.5, 0.6) is 5.75 Å². The van der Waals surface area contributed by atoms with Gasteiger partial charge in [-0.1, -0.05) is 185 Å². The van der Waals surface area contributed by atoms with Gasteiger partial charge in [-0.15, -0.1) is 23.8 Å². The number of pyridine rings is 1. The summed E-state index contributed by atoms with van der Waals surface area (Å²) in [7, 11) is 0. The van der Waals surface area contributed by atoms with E-state index in [2.05, 4.69) is 137 Å². The number of para-hydroxylation sites is 2. The minimum absolute atomic E-state index is 0. The van der Waals surface area contributed by atoms with Crippen LogP contribution in [0.15, 0.2) is 170 Å². The Morgan fingerprint density at radius 3 is 1.90 bits per heavy atom. The van der Waals surface area contributed by atoms with Crippen molar-refractivity contribution in [2.24, 2.45) is 0 Å². The summed E-state index contributed by atoms with van der Waals surface area (Å²) in [6, 6.07) is 58.5. The minimum Gasteiger partial charge on any atom is -0.507 e. The molecule has 4 nitrogen and oxygen atoms in total. The van der Waals surface area contributed by atoms with Gasteiger partial charge >= 0.3 is 0 Å². The van der Waals surface area contributed by atoms with Gasteiger partial charge in [0.1, 0.15) is 11.6 Å². The van der Waals surface area contributed by atoms with E-state index >= 15 is 0 Å². The standard InChI is InChI=1S/C57H50N3O.Pt/c1-37-20-22-39(23-21-37)41-30-31-58-50(35-41)44-33-42(38-14-9-8-10-15-38)32-43(34-44)48-17-13-18-51-54(48)59-55(49-16-11-12-19-53(49)61)60(51)52-36-46(57(5,6)7)28-29-47(52)40-24-26-45(27-25-40)56(2,3)4;/h8-33,35-36,61H,1-7H3;/q-1;/i1D3;. The van der Waals surface area contributed by atoms with Crippen LogP contribution in [0.1, 0.15) is 62.3 Å². The van der Waals surface area contributed by atoms with Crippen molar-refractivity contribution in [3.05, 3.63) is 193 Å². The average molecular weight is 991 g/mol. The molecular weight excluding hydrogens is 938 g/mol. The zero-order valence-corrected chi connectivity index (χ0v) is 38.0. The molecule has 62 heavy (non-hydrogen) atoms. The fraction of sp³-hybridized carbons (Fsp3) is 0.158. The number of rotatable bonds is 7. The molecule has 0 saturated heterocycles. The van der Waals surface area contributed by atoms with Crippen LogP contribution >= 0.6 is 0 Å². The number of aromatic nitrogens is 3. The van der Waals surface area contributed by atoms with E-state index in [9.17, 15) is 5.11 Å². The first-order chi connectivity index (χ1) is 30.5. The number of phenolic OH excluding ortho intramolecular Hbond substituents is 1. The fourth-order valence-corrected chi connectivity index (χ4v) is 8.05. The van der Waals surface area contributed by atoms with Crippen molar-refractivity contribution in [3.8, 4) is 78.6 Å². The molecule has 0 unspecified atom stereocenters. The second-order valence-corrected chi connectivity index (χ2v) is 17.8. The zero-order chi connectivity index (χ0) is 45.0. The average Bonchev–Trinajstić information content (AvgIpc) is 3.68. The van der Waals surface area contributed by atoms with Crippen LogP contribution in [-0.4, -0.2) is 19.6 Å². The van der Waals surface area contributed by atoms with E-state index < -0.39 is 6.85 Å². The first-order valence-electron chi connectivity index (χ1n) is 22.3. The van der Waals surface area contributed by atoms with E-state index in [4.69, 9.17) is 14.1 Å². The largest absolute Gasteiger partial charge is 0.507 e. The van der Waals surface area contributed by atoms with Crippen molar-refractivity contribution in [2.45, 2.75) is 59.2 Å². The SMILES string of the molecule is [2H]C([2H])([2H])c1ccc(-c2ccnc(-c3[c-]c(-c4cccc5c4nc(-c4ccccc4O)n5-c4cc(C(C)(C)C)ccc4-c4ccc(C(C)(C)C)cc4)cc(-c4ccccc4)c3)c2)cc1.[Pt]. The molecule has 310 valence electrons. The molecule has 0 bridgehead atoms. The Kier molecular flexibility index (Phi) is 10.5. The van der Waals surface area contributed by atoms with E-state index in [1.54, 1.807) is 24.4 Å². The Morgan fingerprint density at radius 2 is 1.19 bits per heavy atom. The molecule has 0 aliphatic rings. The number of aryl methyl sites for hydroxylation is 1. The zero-order valence-electron chi connectivity index (χ0n) is 38.8. The summed E-state index contributed by atoms with van der Waals surface area (Å²) in [6.07, 6.45) is 1.78. The van der Waals surface area contributed by atoms with Crippen molar-refractivity contribution >= 4 is 11.0 Å². The maximum atomic E-state index is 11.5. The van der Waals surface area contributed by atoms with Crippen LogP contribution in [0.25, 0.3) is 83.9 Å². The van der Waals surface area contributed by atoms with Crippen molar-refractivity contribution in [2.75, 3.05) is 0 Å². The van der Waals surface area contributed by atoms with E-state index in [-0.39, 0.29) is 37.6 Å². The first-order valence-corrected chi connectivity index (χ1v) is 20.8. The van der Waals surface area contributed by atoms with Gasteiger partial charge in [0.2, 0.25) is 0 Å².